The van der Waals surface area contributed by atoms with Crippen molar-refractivity contribution in [1.82, 2.24) is 0 Å². The summed E-state index contributed by atoms with van der Waals surface area (Å²) in [5, 5.41) is 0. The van der Waals surface area contributed by atoms with Crippen molar-refractivity contribution in [1.29, 1.82) is 0 Å². The van der Waals surface area contributed by atoms with Crippen molar-refractivity contribution in [2.75, 3.05) is 13.2 Å². The number of hydrogen-bond acceptors (Lipinski definition) is 2. The Balaban J connectivity index is -0.000000506. The molecule has 0 saturated heterocycles. The van der Waals surface area contributed by atoms with Crippen LogP contribution in [0.25, 0.3) is 0 Å². The normalized spacial score (nSPS) is 10.1. The van der Waals surface area contributed by atoms with Gasteiger partial charge in [0, 0.05) is 6.54 Å². The standard InChI is InChI=1S/C12H21NO.2C2H6/c1-4-6-12(7-5-2)10-11(3)14-9-8-13;2*1-2/h4,6,10H,3,5,7-9,13H2,1-2H3;2*1-2H3/b6-4-,12-10+;;. The molecule has 0 atom stereocenters. The Morgan fingerprint density at radius 3 is 2.17 bits per heavy atom. The Morgan fingerprint density at radius 1 is 1.22 bits per heavy atom. The summed E-state index contributed by atoms with van der Waals surface area (Å²) in [4.78, 5) is 0. The number of nitrogens with two attached hydrogens (primary N) is 1. The van der Waals surface area contributed by atoms with Crippen LogP contribution in [0.15, 0.2) is 36.1 Å². The molecule has 0 aromatic carbocycles. The van der Waals surface area contributed by atoms with E-state index in [1.807, 2.05) is 46.8 Å². The third-order valence-corrected chi connectivity index (χ3v) is 1.67. The van der Waals surface area contributed by atoms with Crippen molar-refractivity contribution in [3.05, 3.63) is 36.1 Å². The van der Waals surface area contributed by atoms with Crippen LogP contribution in [0.2, 0.25) is 0 Å². The molecule has 0 aromatic rings. The van der Waals surface area contributed by atoms with Gasteiger partial charge in [-0.2, -0.15) is 0 Å². The molecule has 0 aliphatic carbocycles. The quantitative estimate of drug-likeness (QED) is 0.522. The fourth-order valence-electron chi connectivity index (χ4n) is 1.14. The van der Waals surface area contributed by atoms with E-state index in [1.54, 1.807) is 0 Å². The monoisotopic (exact) mass is 255 g/mol. The van der Waals surface area contributed by atoms with Gasteiger partial charge in [-0.25, -0.2) is 0 Å². The number of ether oxygens (including phenoxy) is 1. The maximum absolute atomic E-state index is 5.32. The summed E-state index contributed by atoms with van der Waals surface area (Å²) < 4.78 is 5.28. The zero-order valence-electron chi connectivity index (χ0n) is 13.3. The third-order valence-electron chi connectivity index (χ3n) is 1.67. The first-order chi connectivity index (χ1) is 8.74. The lowest BCUT2D eigenvalue weighted by Gasteiger charge is -2.05. The summed E-state index contributed by atoms with van der Waals surface area (Å²) in [6, 6.07) is 0. The van der Waals surface area contributed by atoms with E-state index in [1.165, 1.54) is 5.57 Å². The zero-order valence-corrected chi connectivity index (χ0v) is 13.3. The molecule has 0 aromatic heterocycles. The fraction of sp³-hybridized carbons (Fsp3) is 0.625. The van der Waals surface area contributed by atoms with Gasteiger partial charge >= 0.3 is 0 Å². The molecule has 108 valence electrons. The van der Waals surface area contributed by atoms with Gasteiger partial charge < -0.3 is 10.5 Å². The van der Waals surface area contributed by atoms with Gasteiger partial charge in [-0.3, -0.25) is 0 Å². The van der Waals surface area contributed by atoms with E-state index in [9.17, 15) is 0 Å². The minimum atomic E-state index is 0.527. The van der Waals surface area contributed by atoms with E-state index in [-0.39, 0.29) is 0 Å². The molecule has 18 heavy (non-hydrogen) atoms. The minimum absolute atomic E-state index is 0.527. The Morgan fingerprint density at radius 2 is 1.78 bits per heavy atom. The largest absolute Gasteiger partial charge is 0.493 e. The topological polar surface area (TPSA) is 35.2 Å². The SMILES string of the molecule is C=C(/C=C(\C=C/C)CCC)OCCN.CC.CC. The number of hydrogen-bond donors (Lipinski definition) is 1. The van der Waals surface area contributed by atoms with Crippen molar-refractivity contribution < 1.29 is 4.74 Å². The van der Waals surface area contributed by atoms with Gasteiger partial charge in [0.15, 0.2) is 0 Å². The first-order valence-corrected chi connectivity index (χ1v) is 7.09. The van der Waals surface area contributed by atoms with Crippen molar-refractivity contribution in [3.63, 3.8) is 0 Å². The van der Waals surface area contributed by atoms with Gasteiger partial charge in [0.05, 0.1) is 0 Å². The third kappa shape index (κ3) is 17.4. The summed E-state index contributed by atoms with van der Waals surface area (Å²) in [7, 11) is 0. The predicted molar refractivity (Wildman–Crippen MR) is 84.6 cm³/mol. The van der Waals surface area contributed by atoms with Gasteiger partial charge in [0.25, 0.3) is 0 Å². The summed E-state index contributed by atoms with van der Waals surface area (Å²) >= 11 is 0. The molecular weight excluding hydrogens is 222 g/mol. The highest BCUT2D eigenvalue weighted by atomic mass is 16.5. The Hall–Kier alpha value is -1.02. The van der Waals surface area contributed by atoms with E-state index in [2.05, 4.69) is 19.6 Å². The molecule has 2 N–H and O–H groups in total. The molecule has 0 rings (SSSR count). The van der Waals surface area contributed by atoms with Crippen LogP contribution in [-0.2, 0) is 4.74 Å². The van der Waals surface area contributed by atoms with Gasteiger partial charge in [-0.1, -0.05) is 59.8 Å². The van der Waals surface area contributed by atoms with Crippen LogP contribution in [-0.4, -0.2) is 13.2 Å². The van der Waals surface area contributed by atoms with Crippen molar-refractivity contribution in [2.45, 2.75) is 54.4 Å². The number of allylic oxidation sites excluding steroid dienone is 4. The first-order valence-electron chi connectivity index (χ1n) is 7.09. The minimum Gasteiger partial charge on any atom is -0.493 e. The second-order valence-corrected chi connectivity index (χ2v) is 3.07. The van der Waals surface area contributed by atoms with Crippen LogP contribution < -0.4 is 5.73 Å². The van der Waals surface area contributed by atoms with Crippen LogP contribution in [0, 0.1) is 0 Å². The van der Waals surface area contributed by atoms with Crippen molar-refractivity contribution in [3.8, 4) is 0 Å². The summed E-state index contributed by atoms with van der Waals surface area (Å²) in [5.41, 5.74) is 6.57. The van der Waals surface area contributed by atoms with Crippen LogP contribution >= 0.6 is 0 Å². The van der Waals surface area contributed by atoms with Crippen LogP contribution in [0.5, 0.6) is 0 Å². The molecule has 2 nitrogen and oxygen atoms in total. The molecule has 0 saturated carbocycles. The molecule has 0 fully saturated rings. The van der Waals surface area contributed by atoms with Gasteiger partial charge in [0.2, 0.25) is 0 Å². The van der Waals surface area contributed by atoms with E-state index >= 15 is 0 Å². The first kappa shape index (κ1) is 22.2. The average molecular weight is 255 g/mol. The lowest BCUT2D eigenvalue weighted by atomic mass is 10.1. The molecule has 0 aliphatic rings. The highest BCUT2D eigenvalue weighted by molar-refractivity contribution is 5.25. The summed E-state index contributed by atoms with van der Waals surface area (Å²) in [6.45, 7) is 17.0. The van der Waals surface area contributed by atoms with Gasteiger partial charge in [-0.05, 0) is 25.0 Å². The van der Waals surface area contributed by atoms with E-state index in [0.717, 1.165) is 12.8 Å². The van der Waals surface area contributed by atoms with Gasteiger partial charge in [-0.15, -0.1) is 0 Å². The lowest BCUT2D eigenvalue weighted by molar-refractivity contribution is 0.235. The van der Waals surface area contributed by atoms with Crippen LogP contribution in [0.3, 0.4) is 0 Å². The van der Waals surface area contributed by atoms with Crippen LogP contribution in [0.4, 0.5) is 0 Å². The maximum Gasteiger partial charge on any atom is 0.112 e. The molecular formula is C16H33NO. The second-order valence-electron chi connectivity index (χ2n) is 3.07. The van der Waals surface area contributed by atoms with Crippen molar-refractivity contribution >= 4 is 0 Å². The molecule has 0 unspecified atom stereocenters. The Labute approximate surface area is 115 Å². The molecule has 0 heterocycles. The van der Waals surface area contributed by atoms with Crippen LogP contribution in [0.1, 0.15) is 54.4 Å². The number of rotatable bonds is 7. The Bertz CT molecular complexity index is 217. The molecule has 0 amide bonds. The Kier molecular flexibility index (Phi) is 26.2. The van der Waals surface area contributed by atoms with E-state index in [4.69, 9.17) is 10.5 Å². The second kappa shape index (κ2) is 21.3. The lowest BCUT2D eigenvalue weighted by Crippen LogP contribution is -2.07. The van der Waals surface area contributed by atoms with Crippen molar-refractivity contribution in [2.24, 2.45) is 5.73 Å². The molecule has 0 aliphatic heterocycles. The average Bonchev–Trinajstić information content (AvgIpc) is 2.41. The maximum atomic E-state index is 5.32. The molecule has 2 heteroatoms. The summed E-state index contributed by atoms with van der Waals surface area (Å²) in [6.07, 6.45) is 8.26. The van der Waals surface area contributed by atoms with E-state index < -0.39 is 0 Å². The van der Waals surface area contributed by atoms with Gasteiger partial charge in [0.1, 0.15) is 12.4 Å². The predicted octanol–water partition coefficient (Wildman–Crippen LogP) is 4.83. The molecule has 0 spiro atoms. The summed E-state index contributed by atoms with van der Waals surface area (Å²) in [5.74, 6) is 0.692. The zero-order chi connectivity index (χ0) is 14.8. The highest BCUT2D eigenvalue weighted by Crippen LogP contribution is 2.10. The molecule has 0 radical (unpaired) electrons. The highest BCUT2D eigenvalue weighted by Gasteiger charge is 1.94. The molecule has 0 bridgehead atoms. The fourth-order valence-corrected chi connectivity index (χ4v) is 1.14. The smallest absolute Gasteiger partial charge is 0.112 e. The van der Waals surface area contributed by atoms with E-state index in [0.29, 0.717) is 18.9 Å².